The average molecular weight is 423 g/mol. The van der Waals surface area contributed by atoms with Gasteiger partial charge in [-0.2, -0.15) is 5.10 Å². The summed E-state index contributed by atoms with van der Waals surface area (Å²) in [6.07, 6.45) is 0.837. The zero-order valence-corrected chi connectivity index (χ0v) is 17.5. The first-order valence-electron chi connectivity index (χ1n) is 9.10. The Morgan fingerprint density at radius 1 is 1.03 bits per heavy atom. The summed E-state index contributed by atoms with van der Waals surface area (Å²) in [4.78, 5) is 13.0. The number of hydrogen-bond donors (Lipinski definition) is 1. The van der Waals surface area contributed by atoms with Crippen LogP contribution in [0.1, 0.15) is 29.9 Å². The van der Waals surface area contributed by atoms with Gasteiger partial charge >= 0.3 is 0 Å². The van der Waals surface area contributed by atoms with Gasteiger partial charge in [0.05, 0.1) is 27.0 Å². The van der Waals surface area contributed by atoms with E-state index in [1.807, 2.05) is 66.7 Å². The van der Waals surface area contributed by atoms with Crippen LogP contribution in [0.2, 0.25) is 5.02 Å². The second kappa shape index (κ2) is 7.59. The number of carbonyl (C=O) groups is 1. The molecule has 4 aromatic rings. The van der Waals surface area contributed by atoms with Crippen LogP contribution in [0.15, 0.2) is 66.7 Å². The fourth-order valence-corrected chi connectivity index (χ4v) is 4.25. The van der Waals surface area contributed by atoms with Crippen molar-refractivity contribution < 1.29 is 9.90 Å². The molecule has 0 saturated carbocycles. The average Bonchev–Trinajstić information content (AvgIpc) is 3.35. The molecule has 1 N–H and O–H groups in total. The Hall–Kier alpha value is -2.73. The minimum atomic E-state index is -1.08. The number of carbonyl (C=O) groups excluding carboxylic acids is 1. The van der Waals surface area contributed by atoms with Crippen molar-refractivity contribution >= 4 is 29.2 Å². The van der Waals surface area contributed by atoms with Crippen LogP contribution in [0.3, 0.4) is 0 Å². The maximum atomic E-state index is 10.9. The van der Waals surface area contributed by atoms with Gasteiger partial charge in [0.2, 0.25) is 0 Å². The van der Waals surface area contributed by atoms with Gasteiger partial charge in [0.25, 0.3) is 0 Å². The number of thiophene rings is 1. The molecular formula is C23H19ClN2O2S. The Balaban J connectivity index is 1.82. The summed E-state index contributed by atoms with van der Waals surface area (Å²) in [7, 11) is 0. The van der Waals surface area contributed by atoms with E-state index in [-0.39, 0.29) is 0 Å². The molecule has 0 aliphatic rings. The van der Waals surface area contributed by atoms with Crippen LogP contribution in [0.4, 0.5) is 0 Å². The van der Waals surface area contributed by atoms with Crippen LogP contribution < -0.4 is 0 Å². The molecule has 146 valence electrons. The van der Waals surface area contributed by atoms with Crippen molar-refractivity contribution in [2.75, 3.05) is 0 Å². The number of aldehydes is 1. The van der Waals surface area contributed by atoms with Crippen LogP contribution in [0.25, 0.3) is 26.7 Å². The van der Waals surface area contributed by atoms with E-state index in [2.05, 4.69) is 5.10 Å². The zero-order valence-electron chi connectivity index (χ0n) is 16.0. The summed E-state index contributed by atoms with van der Waals surface area (Å²) in [6, 6.07) is 21.0. The summed E-state index contributed by atoms with van der Waals surface area (Å²) in [5.41, 5.74) is 2.79. The number of rotatable bonds is 5. The van der Waals surface area contributed by atoms with Crippen molar-refractivity contribution in [1.82, 2.24) is 9.78 Å². The SMILES string of the molecule is CC(C)(O)c1cc(-c2ccc(-c3ccc(C=O)cc3)s2)n(-c2ccccc2Cl)n1. The van der Waals surface area contributed by atoms with Crippen LogP contribution in [0, 0.1) is 0 Å². The molecule has 0 radical (unpaired) electrons. The van der Waals surface area contributed by atoms with Gasteiger partial charge in [0.15, 0.2) is 0 Å². The Morgan fingerprint density at radius 3 is 2.38 bits per heavy atom. The van der Waals surface area contributed by atoms with Gasteiger partial charge in [-0.15, -0.1) is 11.3 Å². The molecule has 2 heterocycles. The third kappa shape index (κ3) is 3.90. The molecular weight excluding hydrogens is 404 g/mol. The first-order valence-corrected chi connectivity index (χ1v) is 10.3. The number of para-hydroxylation sites is 1. The predicted molar refractivity (Wildman–Crippen MR) is 118 cm³/mol. The summed E-state index contributed by atoms with van der Waals surface area (Å²) >= 11 is 8.04. The third-order valence-corrected chi connectivity index (χ3v) is 6.08. The summed E-state index contributed by atoms with van der Waals surface area (Å²) in [5, 5.41) is 15.7. The molecule has 0 fully saturated rings. The van der Waals surface area contributed by atoms with Crippen LogP contribution in [-0.4, -0.2) is 21.2 Å². The molecule has 0 aliphatic carbocycles. The van der Waals surface area contributed by atoms with Gasteiger partial charge in [-0.05, 0) is 49.7 Å². The molecule has 0 atom stereocenters. The van der Waals surface area contributed by atoms with Crippen molar-refractivity contribution in [3.05, 3.63) is 83.0 Å². The van der Waals surface area contributed by atoms with E-state index >= 15 is 0 Å². The second-order valence-corrected chi connectivity index (χ2v) is 8.73. The number of aliphatic hydroxyl groups is 1. The van der Waals surface area contributed by atoms with Crippen molar-refractivity contribution in [1.29, 1.82) is 0 Å². The highest BCUT2D eigenvalue weighted by Gasteiger charge is 2.24. The van der Waals surface area contributed by atoms with Crippen LogP contribution in [-0.2, 0) is 5.60 Å². The highest BCUT2D eigenvalue weighted by molar-refractivity contribution is 7.18. The van der Waals surface area contributed by atoms with Gasteiger partial charge < -0.3 is 5.11 Å². The number of halogens is 1. The molecule has 0 saturated heterocycles. The van der Waals surface area contributed by atoms with E-state index < -0.39 is 5.60 Å². The lowest BCUT2D eigenvalue weighted by Gasteiger charge is -2.13. The summed E-state index contributed by atoms with van der Waals surface area (Å²) < 4.78 is 1.78. The van der Waals surface area contributed by atoms with Crippen LogP contribution in [0.5, 0.6) is 0 Å². The molecule has 0 aliphatic heterocycles. The van der Waals surface area contributed by atoms with E-state index in [0.29, 0.717) is 16.3 Å². The highest BCUT2D eigenvalue weighted by Crippen LogP contribution is 2.37. The van der Waals surface area contributed by atoms with E-state index in [9.17, 15) is 9.90 Å². The Kier molecular flexibility index (Phi) is 5.13. The van der Waals surface area contributed by atoms with Gasteiger partial charge in [-0.3, -0.25) is 4.79 Å². The molecule has 2 aromatic heterocycles. The van der Waals surface area contributed by atoms with E-state index in [4.69, 9.17) is 11.6 Å². The van der Waals surface area contributed by atoms with E-state index in [1.54, 1.807) is 29.9 Å². The number of hydrogen-bond acceptors (Lipinski definition) is 4. The fourth-order valence-electron chi connectivity index (χ4n) is 3.02. The van der Waals surface area contributed by atoms with Gasteiger partial charge in [0.1, 0.15) is 11.9 Å². The standard InChI is InChI=1S/C23H19ClN2O2S/c1-23(2,28)22-13-19(26(25-22)18-6-4-3-5-17(18)24)21-12-11-20(29-21)16-9-7-15(14-27)8-10-16/h3-14,28H,1-2H3. The monoisotopic (exact) mass is 422 g/mol. The lowest BCUT2D eigenvalue weighted by atomic mass is 10.1. The minimum Gasteiger partial charge on any atom is -0.384 e. The molecule has 0 unspecified atom stereocenters. The Morgan fingerprint density at radius 2 is 1.72 bits per heavy atom. The Labute approximate surface area is 178 Å². The number of aromatic nitrogens is 2. The van der Waals surface area contributed by atoms with Gasteiger partial charge in [-0.1, -0.05) is 48.0 Å². The molecule has 0 amide bonds. The van der Waals surface area contributed by atoms with E-state index in [0.717, 1.165) is 33.0 Å². The highest BCUT2D eigenvalue weighted by atomic mass is 35.5. The fraction of sp³-hybridized carbons (Fsp3) is 0.130. The lowest BCUT2D eigenvalue weighted by Crippen LogP contribution is -2.16. The molecule has 0 bridgehead atoms. The topological polar surface area (TPSA) is 55.1 Å². The number of benzene rings is 2. The largest absolute Gasteiger partial charge is 0.384 e. The molecule has 2 aromatic carbocycles. The second-order valence-electron chi connectivity index (χ2n) is 7.24. The minimum absolute atomic E-state index is 0.567. The smallest absolute Gasteiger partial charge is 0.150 e. The van der Waals surface area contributed by atoms with Crippen molar-refractivity contribution in [2.45, 2.75) is 19.4 Å². The third-order valence-electron chi connectivity index (χ3n) is 4.61. The summed E-state index contributed by atoms with van der Waals surface area (Å²) in [6.45, 7) is 3.43. The number of nitrogens with zero attached hydrogens (tertiary/aromatic N) is 2. The van der Waals surface area contributed by atoms with Gasteiger partial charge in [-0.25, -0.2) is 4.68 Å². The normalized spacial score (nSPS) is 11.6. The Bertz CT molecular complexity index is 1170. The molecule has 4 nitrogen and oxygen atoms in total. The van der Waals surface area contributed by atoms with Crippen molar-refractivity contribution in [3.8, 4) is 26.7 Å². The molecule has 29 heavy (non-hydrogen) atoms. The summed E-state index contributed by atoms with van der Waals surface area (Å²) in [5.74, 6) is 0. The zero-order chi connectivity index (χ0) is 20.6. The lowest BCUT2D eigenvalue weighted by molar-refractivity contribution is 0.0734. The van der Waals surface area contributed by atoms with Crippen molar-refractivity contribution in [2.24, 2.45) is 0 Å². The van der Waals surface area contributed by atoms with Crippen molar-refractivity contribution in [3.63, 3.8) is 0 Å². The quantitative estimate of drug-likeness (QED) is 0.403. The predicted octanol–water partition coefficient (Wildman–Crippen LogP) is 5.96. The van der Waals surface area contributed by atoms with Crippen LogP contribution >= 0.6 is 22.9 Å². The molecule has 0 spiro atoms. The molecule has 4 rings (SSSR count). The first-order chi connectivity index (χ1) is 13.9. The van der Waals surface area contributed by atoms with Gasteiger partial charge in [0, 0.05) is 10.4 Å². The maximum absolute atomic E-state index is 10.9. The van der Waals surface area contributed by atoms with E-state index in [1.165, 1.54) is 0 Å². The first kappa shape index (κ1) is 19.6. The maximum Gasteiger partial charge on any atom is 0.150 e. The molecule has 6 heteroatoms.